The van der Waals surface area contributed by atoms with Crippen LogP contribution in [0.1, 0.15) is 18.9 Å². The Labute approximate surface area is 166 Å². The highest BCUT2D eigenvalue weighted by Crippen LogP contribution is 2.38. The maximum atomic E-state index is 9.54. The number of benzene rings is 2. The molecule has 0 amide bonds. The summed E-state index contributed by atoms with van der Waals surface area (Å²) < 4.78 is 16.5. The molecule has 5 nitrogen and oxygen atoms in total. The first-order valence-corrected chi connectivity index (χ1v) is 9.18. The zero-order valence-electron chi connectivity index (χ0n) is 16.7. The number of aliphatic hydroxyl groups is 1. The van der Waals surface area contributed by atoms with Crippen LogP contribution in [0.3, 0.4) is 0 Å². The van der Waals surface area contributed by atoms with Crippen LogP contribution >= 0.6 is 0 Å². The van der Waals surface area contributed by atoms with Crippen LogP contribution in [0.4, 0.5) is 5.69 Å². The Hall–Kier alpha value is -2.76. The number of hydrogen-bond acceptors (Lipinski definition) is 5. The van der Waals surface area contributed by atoms with Crippen molar-refractivity contribution < 1.29 is 19.3 Å². The summed E-state index contributed by atoms with van der Waals surface area (Å²) in [7, 11) is 4.99. The number of anilines is 1. The molecule has 1 radical (unpaired) electrons. The van der Waals surface area contributed by atoms with Gasteiger partial charge in [0, 0.05) is 25.0 Å². The molecular formula is C23H26NO4. The lowest BCUT2D eigenvalue weighted by molar-refractivity contribution is 0.149. The van der Waals surface area contributed by atoms with Gasteiger partial charge in [0.05, 0.1) is 20.4 Å². The van der Waals surface area contributed by atoms with Crippen molar-refractivity contribution in [1.82, 2.24) is 0 Å². The number of hydrogen-bond donors (Lipinski definition) is 1. The van der Waals surface area contributed by atoms with Crippen molar-refractivity contribution in [1.29, 1.82) is 0 Å². The summed E-state index contributed by atoms with van der Waals surface area (Å²) in [6.45, 7) is 2.11. The van der Waals surface area contributed by atoms with Crippen LogP contribution in [0.2, 0.25) is 0 Å². The molecule has 0 saturated carbocycles. The van der Waals surface area contributed by atoms with Gasteiger partial charge in [-0.3, -0.25) is 0 Å². The van der Waals surface area contributed by atoms with Crippen LogP contribution in [0, 0.1) is 6.20 Å². The van der Waals surface area contributed by atoms with Crippen LogP contribution in [0.15, 0.2) is 59.7 Å². The van der Waals surface area contributed by atoms with Gasteiger partial charge in [0.1, 0.15) is 11.5 Å². The Bertz CT molecular complexity index is 853. The van der Waals surface area contributed by atoms with Gasteiger partial charge in [0.15, 0.2) is 6.23 Å². The van der Waals surface area contributed by atoms with Crippen LogP contribution in [0.5, 0.6) is 11.5 Å². The topological polar surface area (TPSA) is 51.2 Å². The van der Waals surface area contributed by atoms with Crippen LogP contribution in [0.25, 0.3) is 5.57 Å². The molecule has 1 aliphatic rings. The highest BCUT2D eigenvalue weighted by molar-refractivity contribution is 5.80. The SMILES string of the molecule is COc1ccc(C2=C(C)C(CCO)=[C]N(c3ccc(OC)cc3)C2OC)cc1. The average molecular weight is 380 g/mol. The van der Waals surface area contributed by atoms with Crippen LogP contribution < -0.4 is 14.4 Å². The second kappa shape index (κ2) is 8.95. The molecule has 1 atom stereocenters. The van der Waals surface area contributed by atoms with E-state index in [1.165, 1.54) is 0 Å². The fourth-order valence-corrected chi connectivity index (χ4v) is 3.42. The lowest BCUT2D eigenvalue weighted by Gasteiger charge is -2.37. The zero-order valence-corrected chi connectivity index (χ0v) is 16.7. The summed E-state index contributed by atoms with van der Waals surface area (Å²) >= 11 is 0. The molecular weight excluding hydrogens is 354 g/mol. The van der Waals surface area contributed by atoms with Crippen molar-refractivity contribution in [2.24, 2.45) is 0 Å². The monoisotopic (exact) mass is 380 g/mol. The van der Waals surface area contributed by atoms with Gasteiger partial charge in [-0.05, 0) is 66.5 Å². The van der Waals surface area contributed by atoms with E-state index < -0.39 is 0 Å². The van der Waals surface area contributed by atoms with Crippen molar-refractivity contribution >= 4 is 11.3 Å². The summed E-state index contributed by atoms with van der Waals surface area (Å²) in [6, 6.07) is 15.7. The largest absolute Gasteiger partial charge is 0.497 e. The lowest BCUT2D eigenvalue weighted by atomic mass is 9.90. The molecule has 0 saturated heterocycles. The van der Waals surface area contributed by atoms with Gasteiger partial charge >= 0.3 is 0 Å². The standard InChI is InChI=1S/C23H26NO4/c1-16-18(13-14-25)15-24(19-7-11-21(27-3)12-8-19)23(28-4)22(16)17-5-9-20(26-2)10-6-17/h5-12,23,25H,13-14H2,1-4H3. The highest BCUT2D eigenvalue weighted by Gasteiger charge is 2.30. The van der Waals surface area contributed by atoms with Gasteiger partial charge in [-0.15, -0.1) is 0 Å². The number of rotatable bonds is 7. The molecule has 1 N–H and O–H groups in total. The smallest absolute Gasteiger partial charge is 0.161 e. The fraction of sp³-hybridized carbons (Fsp3) is 0.304. The van der Waals surface area contributed by atoms with Gasteiger partial charge in [-0.2, -0.15) is 0 Å². The van der Waals surface area contributed by atoms with E-state index in [-0.39, 0.29) is 12.8 Å². The molecule has 0 fully saturated rings. The molecule has 1 unspecified atom stereocenters. The molecule has 0 spiro atoms. The minimum Gasteiger partial charge on any atom is -0.497 e. The Balaban J connectivity index is 2.08. The van der Waals surface area contributed by atoms with Gasteiger partial charge in [0.25, 0.3) is 0 Å². The first-order chi connectivity index (χ1) is 13.6. The molecule has 1 heterocycles. The van der Waals surface area contributed by atoms with E-state index in [2.05, 4.69) is 13.1 Å². The molecule has 28 heavy (non-hydrogen) atoms. The second-order valence-electron chi connectivity index (χ2n) is 6.49. The van der Waals surface area contributed by atoms with Crippen molar-refractivity contribution in [3.63, 3.8) is 0 Å². The molecule has 0 bridgehead atoms. The molecule has 1 aliphatic heterocycles. The molecule has 0 aliphatic carbocycles. The highest BCUT2D eigenvalue weighted by atomic mass is 16.5. The van der Waals surface area contributed by atoms with Gasteiger partial charge in [0.2, 0.25) is 0 Å². The average Bonchev–Trinajstić information content (AvgIpc) is 2.75. The summed E-state index contributed by atoms with van der Waals surface area (Å²) in [5.41, 5.74) is 5.04. The molecule has 0 aromatic heterocycles. The van der Waals surface area contributed by atoms with E-state index in [0.717, 1.165) is 39.5 Å². The normalized spacial score (nSPS) is 16.8. The van der Waals surface area contributed by atoms with Gasteiger partial charge in [-0.1, -0.05) is 12.1 Å². The molecule has 2 aromatic carbocycles. The first kappa shape index (κ1) is 20.0. The maximum absolute atomic E-state index is 9.54. The number of allylic oxidation sites excluding steroid dienone is 1. The number of methoxy groups -OCH3 is 3. The van der Waals surface area contributed by atoms with Crippen molar-refractivity contribution in [3.05, 3.63) is 71.4 Å². The Kier molecular flexibility index (Phi) is 6.39. The van der Waals surface area contributed by atoms with E-state index in [4.69, 9.17) is 14.2 Å². The lowest BCUT2D eigenvalue weighted by Crippen LogP contribution is -2.37. The van der Waals surface area contributed by atoms with Gasteiger partial charge in [-0.25, -0.2) is 0 Å². The molecule has 3 rings (SSSR count). The Morgan fingerprint density at radius 3 is 2.00 bits per heavy atom. The minimum absolute atomic E-state index is 0.0592. The summed E-state index contributed by atoms with van der Waals surface area (Å²) in [5, 5.41) is 9.54. The molecule has 147 valence electrons. The van der Waals surface area contributed by atoms with E-state index in [1.54, 1.807) is 21.3 Å². The van der Waals surface area contributed by atoms with E-state index in [1.807, 2.05) is 53.4 Å². The van der Waals surface area contributed by atoms with Crippen molar-refractivity contribution in [3.8, 4) is 11.5 Å². The second-order valence-corrected chi connectivity index (χ2v) is 6.49. The maximum Gasteiger partial charge on any atom is 0.161 e. The number of aliphatic hydroxyl groups excluding tert-OH is 1. The quantitative estimate of drug-likeness (QED) is 0.786. The van der Waals surface area contributed by atoms with E-state index in [0.29, 0.717) is 6.42 Å². The number of ether oxygens (including phenoxy) is 3. The van der Waals surface area contributed by atoms with Crippen molar-refractivity contribution in [2.45, 2.75) is 19.6 Å². The summed E-state index contributed by atoms with van der Waals surface area (Å²) in [5.74, 6) is 1.59. The third kappa shape index (κ3) is 3.91. The summed E-state index contributed by atoms with van der Waals surface area (Å²) in [4.78, 5) is 1.97. The third-order valence-electron chi connectivity index (χ3n) is 4.93. The fourth-order valence-electron chi connectivity index (χ4n) is 3.42. The third-order valence-corrected chi connectivity index (χ3v) is 4.93. The molecule has 2 aromatic rings. The predicted octanol–water partition coefficient (Wildman–Crippen LogP) is 4.04. The zero-order chi connectivity index (χ0) is 20.1. The Morgan fingerprint density at radius 2 is 1.50 bits per heavy atom. The van der Waals surface area contributed by atoms with E-state index in [9.17, 15) is 5.11 Å². The number of nitrogens with zero attached hydrogens (tertiary/aromatic N) is 1. The van der Waals surface area contributed by atoms with E-state index >= 15 is 0 Å². The van der Waals surface area contributed by atoms with Crippen LogP contribution in [-0.2, 0) is 4.74 Å². The molecule has 5 heteroatoms. The first-order valence-electron chi connectivity index (χ1n) is 9.18. The minimum atomic E-state index is -0.343. The van der Waals surface area contributed by atoms with Crippen molar-refractivity contribution in [2.75, 3.05) is 32.8 Å². The Morgan fingerprint density at radius 1 is 0.929 bits per heavy atom. The predicted molar refractivity (Wildman–Crippen MR) is 110 cm³/mol. The van der Waals surface area contributed by atoms with Gasteiger partial charge < -0.3 is 24.2 Å². The summed E-state index contributed by atoms with van der Waals surface area (Å²) in [6.07, 6.45) is 3.60. The van der Waals surface area contributed by atoms with Crippen LogP contribution in [-0.4, -0.2) is 39.3 Å².